The number of rotatable bonds is 3. The number of amides is 1. The third-order valence-electron chi connectivity index (χ3n) is 2.24. The Morgan fingerprint density at radius 2 is 2.39 bits per heavy atom. The van der Waals surface area contributed by atoms with Gasteiger partial charge in [0.05, 0.1) is 23.5 Å². The fourth-order valence-corrected chi connectivity index (χ4v) is 1.49. The molecule has 2 aromatic rings. The number of nitrogens with one attached hydrogen (secondary N) is 2. The maximum Gasteiger partial charge on any atom is 0.254 e. The number of anilines is 1. The number of carbonyl (C=O) groups is 1. The van der Waals surface area contributed by atoms with E-state index in [0.717, 1.165) is 0 Å². The molecule has 18 heavy (non-hydrogen) atoms. The van der Waals surface area contributed by atoms with E-state index in [9.17, 15) is 4.79 Å². The van der Waals surface area contributed by atoms with Crippen LogP contribution in [0.2, 0.25) is 5.15 Å². The summed E-state index contributed by atoms with van der Waals surface area (Å²) in [6.07, 6.45) is 1.33. The van der Waals surface area contributed by atoms with Crippen molar-refractivity contribution in [3.63, 3.8) is 0 Å². The molecule has 4 N–H and O–H groups in total. The van der Waals surface area contributed by atoms with Crippen molar-refractivity contribution >= 4 is 23.2 Å². The second-order valence-electron chi connectivity index (χ2n) is 3.56. The zero-order valence-corrected chi connectivity index (χ0v) is 10.1. The lowest BCUT2D eigenvalue weighted by Gasteiger charge is -2.11. The molecular formula is C9H10ClN7O. The molecule has 0 aliphatic rings. The van der Waals surface area contributed by atoms with Crippen LogP contribution in [-0.2, 0) is 0 Å². The Labute approximate surface area is 107 Å². The van der Waals surface area contributed by atoms with Gasteiger partial charge in [0.1, 0.15) is 5.15 Å². The van der Waals surface area contributed by atoms with E-state index < -0.39 is 6.04 Å². The van der Waals surface area contributed by atoms with Crippen molar-refractivity contribution < 1.29 is 4.79 Å². The van der Waals surface area contributed by atoms with Crippen LogP contribution < -0.4 is 11.1 Å². The molecule has 1 unspecified atom stereocenters. The molecule has 2 heterocycles. The summed E-state index contributed by atoms with van der Waals surface area (Å²) in [6, 6.07) is 0.998. The summed E-state index contributed by atoms with van der Waals surface area (Å²) in [4.78, 5) is 15.7. The van der Waals surface area contributed by atoms with Crippen LogP contribution in [0.15, 0.2) is 12.3 Å². The second-order valence-corrected chi connectivity index (χ2v) is 3.95. The summed E-state index contributed by atoms with van der Waals surface area (Å²) >= 11 is 5.71. The highest BCUT2D eigenvalue weighted by Crippen LogP contribution is 2.16. The minimum absolute atomic E-state index is 0.196. The molecule has 0 saturated heterocycles. The number of nitrogens with zero attached hydrogens (tertiary/aromatic N) is 4. The number of pyridine rings is 1. The molecule has 2 aromatic heterocycles. The minimum atomic E-state index is -0.400. The van der Waals surface area contributed by atoms with Crippen LogP contribution >= 0.6 is 11.6 Å². The van der Waals surface area contributed by atoms with Crippen LogP contribution in [0.5, 0.6) is 0 Å². The average molecular weight is 268 g/mol. The Balaban J connectivity index is 2.15. The number of aromatic nitrogens is 5. The molecule has 94 valence electrons. The number of hydrogen-bond acceptors (Lipinski definition) is 6. The molecule has 0 radical (unpaired) electrons. The van der Waals surface area contributed by atoms with Crippen LogP contribution in [0.3, 0.4) is 0 Å². The number of carbonyl (C=O) groups excluding carboxylic acids is 1. The molecule has 0 aromatic carbocycles. The van der Waals surface area contributed by atoms with E-state index in [1.165, 1.54) is 12.3 Å². The smallest absolute Gasteiger partial charge is 0.254 e. The lowest BCUT2D eigenvalue weighted by atomic mass is 10.2. The van der Waals surface area contributed by atoms with Gasteiger partial charge in [-0.15, -0.1) is 10.2 Å². The molecule has 9 heteroatoms. The highest BCUT2D eigenvalue weighted by atomic mass is 35.5. The number of aromatic amines is 1. The largest absolute Gasteiger partial charge is 0.397 e. The van der Waals surface area contributed by atoms with Crippen molar-refractivity contribution in [1.82, 2.24) is 30.9 Å². The Morgan fingerprint density at radius 1 is 1.61 bits per heavy atom. The minimum Gasteiger partial charge on any atom is -0.397 e. The van der Waals surface area contributed by atoms with Gasteiger partial charge in [-0.05, 0) is 13.0 Å². The van der Waals surface area contributed by atoms with Gasteiger partial charge < -0.3 is 11.1 Å². The molecule has 8 nitrogen and oxygen atoms in total. The lowest BCUT2D eigenvalue weighted by Crippen LogP contribution is -2.28. The first kappa shape index (κ1) is 12.2. The first-order chi connectivity index (χ1) is 8.58. The number of nitrogen functional groups attached to an aromatic ring is 1. The first-order valence-electron chi connectivity index (χ1n) is 5.03. The molecule has 0 aliphatic heterocycles. The van der Waals surface area contributed by atoms with Crippen LogP contribution in [0.4, 0.5) is 5.69 Å². The van der Waals surface area contributed by atoms with Crippen molar-refractivity contribution in [3.05, 3.63) is 28.8 Å². The van der Waals surface area contributed by atoms with E-state index in [0.29, 0.717) is 5.82 Å². The van der Waals surface area contributed by atoms with Gasteiger partial charge >= 0.3 is 0 Å². The van der Waals surface area contributed by atoms with Crippen molar-refractivity contribution in [2.24, 2.45) is 0 Å². The molecule has 1 amide bonds. The number of nitrogens with two attached hydrogens (primary N) is 1. The number of hydrogen-bond donors (Lipinski definition) is 3. The lowest BCUT2D eigenvalue weighted by molar-refractivity contribution is 0.0939. The summed E-state index contributed by atoms with van der Waals surface area (Å²) in [5.41, 5.74) is 6.16. The molecule has 2 rings (SSSR count). The van der Waals surface area contributed by atoms with Crippen molar-refractivity contribution in [2.45, 2.75) is 13.0 Å². The maximum atomic E-state index is 12.0. The maximum absolute atomic E-state index is 12.0. The van der Waals surface area contributed by atoms with Gasteiger partial charge in [0, 0.05) is 0 Å². The fourth-order valence-electron chi connectivity index (χ4n) is 1.33. The topological polar surface area (TPSA) is 122 Å². The zero-order chi connectivity index (χ0) is 13.1. The fraction of sp³-hybridized carbons (Fsp3) is 0.222. The average Bonchev–Trinajstić information content (AvgIpc) is 2.85. The molecule has 0 fully saturated rings. The van der Waals surface area contributed by atoms with E-state index >= 15 is 0 Å². The Morgan fingerprint density at radius 3 is 3.06 bits per heavy atom. The predicted octanol–water partition coefficient (Wildman–Crippen LogP) is 0.321. The first-order valence-corrected chi connectivity index (χ1v) is 5.41. The van der Waals surface area contributed by atoms with Gasteiger partial charge in [0.2, 0.25) is 0 Å². The van der Waals surface area contributed by atoms with E-state index in [1.807, 2.05) is 0 Å². The van der Waals surface area contributed by atoms with E-state index in [-0.39, 0.29) is 22.3 Å². The summed E-state index contributed by atoms with van der Waals surface area (Å²) in [6.45, 7) is 1.72. The third kappa shape index (κ3) is 2.54. The highest BCUT2D eigenvalue weighted by molar-refractivity contribution is 6.29. The van der Waals surface area contributed by atoms with E-state index in [2.05, 4.69) is 30.9 Å². The van der Waals surface area contributed by atoms with Crippen LogP contribution in [0, 0.1) is 0 Å². The van der Waals surface area contributed by atoms with Crippen LogP contribution in [0.1, 0.15) is 29.1 Å². The molecule has 1 atom stereocenters. The van der Waals surface area contributed by atoms with Crippen LogP contribution in [0.25, 0.3) is 0 Å². The quantitative estimate of drug-likeness (QED) is 0.688. The van der Waals surface area contributed by atoms with E-state index in [1.54, 1.807) is 6.92 Å². The monoisotopic (exact) mass is 267 g/mol. The molecule has 0 spiro atoms. The van der Waals surface area contributed by atoms with Gasteiger partial charge in [-0.3, -0.25) is 4.79 Å². The van der Waals surface area contributed by atoms with Gasteiger partial charge in [-0.1, -0.05) is 16.8 Å². The Bertz CT molecular complexity index is 556. The molecular weight excluding hydrogens is 258 g/mol. The molecule has 0 saturated carbocycles. The normalized spacial score (nSPS) is 12.1. The second kappa shape index (κ2) is 4.96. The summed E-state index contributed by atoms with van der Waals surface area (Å²) in [5.74, 6) is -0.00354. The number of halogens is 1. The Kier molecular flexibility index (Phi) is 3.38. The SMILES string of the molecule is CC(NC(=O)c1cc(Cl)ncc1N)c1nn[nH]n1. The van der Waals surface area contributed by atoms with Crippen molar-refractivity contribution in [2.75, 3.05) is 5.73 Å². The number of tetrazole rings is 1. The summed E-state index contributed by atoms with van der Waals surface area (Å²) in [7, 11) is 0. The Hall–Kier alpha value is -2.22. The van der Waals surface area contributed by atoms with Crippen LogP contribution in [-0.4, -0.2) is 31.5 Å². The third-order valence-corrected chi connectivity index (χ3v) is 2.45. The highest BCUT2D eigenvalue weighted by Gasteiger charge is 2.17. The van der Waals surface area contributed by atoms with Crippen molar-refractivity contribution in [3.8, 4) is 0 Å². The summed E-state index contributed by atoms with van der Waals surface area (Å²) < 4.78 is 0. The number of H-pyrrole nitrogens is 1. The van der Waals surface area contributed by atoms with Gasteiger partial charge in [0.25, 0.3) is 5.91 Å². The van der Waals surface area contributed by atoms with Crippen molar-refractivity contribution in [1.29, 1.82) is 0 Å². The predicted molar refractivity (Wildman–Crippen MR) is 63.7 cm³/mol. The van der Waals surface area contributed by atoms with Gasteiger partial charge in [-0.25, -0.2) is 4.98 Å². The molecule has 0 bridgehead atoms. The summed E-state index contributed by atoms with van der Waals surface area (Å²) in [5, 5.41) is 16.1. The van der Waals surface area contributed by atoms with Gasteiger partial charge in [-0.2, -0.15) is 5.21 Å². The molecule has 0 aliphatic carbocycles. The van der Waals surface area contributed by atoms with Gasteiger partial charge in [0.15, 0.2) is 5.82 Å². The standard InChI is InChI=1S/C9H10ClN7O/c1-4(8-14-16-17-15-8)13-9(18)5-2-7(10)12-3-6(5)11/h2-4H,11H2,1H3,(H,13,18)(H,14,15,16,17). The van der Waals surface area contributed by atoms with E-state index in [4.69, 9.17) is 17.3 Å². The zero-order valence-electron chi connectivity index (χ0n) is 9.38.